The van der Waals surface area contributed by atoms with Crippen LogP contribution in [0.4, 0.5) is 0 Å². The van der Waals surface area contributed by atoms with E-state index in [1.807, 2.05) is 6.07 Å². The van der Waals surface area contributed by atoms with Crippen LogP contribution in [-0.2, 0) is 0 Å². The van der Waals surface area contributed by atoms with Gasteiger partial charge < -0.3 is 9.94 Å². The molecule has 1 N–H and O–H groups in total. The normalized spacial score (nSPS) is 37.1. The number of fused-ring (bicyclic) bond motifs is 5. The largest absolute Gasteiger partial charge is 0.497 e. The summed E-state index contributed by atoms with van der Waals surface area (Å²) in [5.74, 6) is 2.95. The molecule has 0 aromatic heterocycles. The third-order valence-corrected chi connectivity index (χ3v) is 7.19. The maximum absolute atomic E-state index is 9.57. The van der Waals surface area contributed by atoms with Gasteiger partial charge in [-0.05, 0) is 79.0 Å². The van der Waals surface area contributed by atoms with Crippen molar-refractivity contribution in [2.45, 2.75) is 57.8 Å². The van der Waals surface area contributed by atoms with Gasteiger partial charge in [-0.25, -0.2) is 0 Å². The molecule has 3 nitrogen and oxygen atoms in total. The van der Waals surface area contributed by atoms with E-state index in [1.165, 1.54) is 44.1 Å². The molecule has 124 valence electrons. The molecule has 3 heteroatoms. The van der Waals surface area contributed by atoms with E-state index in [4.69, 9.17) is 4.74 Å². The van der Waals surface area contributed by atoms with E-state index in [2.05, 4.69) is 24.2 Å². The fourth-order valence-corrected chi connectivity index (χ4v) is 6.03. The van der Waals surface area contributed by atoms with Gasteiger partial charge in [-0.15, -0.1) is 0 Å². The van der Waals surface area contributed by atoms with Crippen molar-refractivity contribution in [1.29, 1.82) is 0 Å². The molecule has 4 atom stereocenters. The maximum atomic E-state index is 9.57. The Bertz CT molecular complexity index is 639. The van der Waals surface area contributed by atoms with Crippen LogP contribution in [0.1, 0.15) is 68.9 Å². The molecule has 1 aromatic carbocycles. The van der Waals surface area contributed by atoms with Crippen LogP contribution in [-0.4, -0.2) is 18.0 Å². The molecule has 0 unspecified atom stereocenters. The first-order chi connectivity index (χ1) is 11.2. The van der Waals surface area contributed by atoms with Crippen molar-refractivity contribution in [3.05, 3.63) is 29.3 Å². The van der Waals surface area contributed by atoms with Crippen molar-refractivity contribution in [1.82, 2.24) is 0 Å². The monoisotopic (exact) mass is 313 g/mol. The second-order valence-electron chi connectivity index (χ2n) is 7.73. The van der Waals surface area contributed by atoms with E-state index in [1.54, 1.807) is 7.11 Å². The van der Waals surface area contributed by atoms with Gasteiger partial charge in [0.15, 0.2) is 0 Å². The van der Waals surface area contributed by atoms with E-state index >= 15 is 0 Å². The van der Waals surface area contributed by atoms with Crippen molar-refractivity contribution >= 4 is 5.71 Å². The molecule has 4 rings (SSSR count). The Hall–Kier alpha value is -1.51. The second-order valence-corrected chi connectivity index (χ2v) is 7.73. The second kappa shape index (κ2) is 5.54. The fourth-order valence-electron chi connectivity index (χ4n) is 6.03. The predicted octanol–water partition coefficient (Wildman–Crippen LogP) is 4.97. The maximum Gasteiger partial charge on any atom is 0.119 e. The molecule has 0 radical (unpaired) electrons. The lowest BCUT2D eigenvalue weighted by Crippen LogP contribution is -2.42. The van der Waals surface area contributed by atoms with Crippen molar-refractivity contribution in [3.8, 4) is 5.75 Å². The molecule has 3 aliphatic rings. The molecule has 0 aliphatic heterocycles. The first-order valence-corrected chi connectivity index (χ1v) is 9.11. The van der Waals surface area contributed by atoms with E-state index in [0.29, 0.717) is 17.3 Å². The molecule has 0 saturated heterocycles. The van der Waals surface area contributed by atoms with Gasteiger partial charge in [0.2, 0.25) is 0 Å². The topological polar surface area (TPSA) is 41.8 Å². The van der Waals surface area contributed by atoms with E-state index in [9.17, 15) is 5.21 Å². The Labute approximate surface area is 138 Å². The number of rotatable bonds is 2. The van der Waals surface area contributed by atoms with Crippen LogP contribution < -0.4 is 4.74 Å². The van der Waals surface area contributed by atoms with E-state index in [-0.39, 0.29) is 0 Å². The molecule has 0 amide bonds. The Morgan fingerprint density at radius 3 is 2.91 bits per heavy atom. The van der Waals surface area contributed by atoms with Crippen LogP contribution in [0.2, 0.25) is 0 Å². The highest BCUT2D eigenvalue weighted by Crippen LogP contribution is 2.62. The number of ether oxygens (including phenoxy) is 1. The molecule has 0 bridgehead atoms. The average molecular weight is 313 g/mol. The number of nitrogens with zero attached hydrogens (tertiary/aromatic N) is 1. The summed E-state index contributed by atoms with van der Waals surface area (Å²) in [6, 6.07) is 6.25. The van der Waals surface area contributed by atoms with Crippen LogP contribution in [0.3, 0.4) is 0 Å². The highest BCUT2D eigenvalue weighted by atomic mass is 16.5. The summed E-state index contributed by atoms with van der Waals surface area (Å²) in [6.45, 7) is 2.37. The summed E-state index contributed by atoms with van der Waals surface area (Å²) >= 11 is 0. The summed E-state index contributed by atoms with van der Waals surface area (Å²) in [7, 11) is 1.73. The zero-order valence-electron chi connectivity index (χ0n) is 14.2. The molecular formula is C20H27NO2. The lowest BCUT2D eigenvalue weighted by molar-refractivity contribution is 0.0509. The number of benzene rings is 1. The highest BCUT2D eigenvalue weighted by Gasteiger charge is 2.52. The minimum absolute atomic E-state index is 0.554. The van der Waals surface area contributed by atoms with Crippen LogP contribution in [0, 0.1) is 17.3 Å². The summed E-state index contributed by atoms with van der Waals surface area (Å²) in [5, 5.41) is 13.2. The molecule has 23 heavy (non-hydrogen) atoms. The van der Waals surface area contributed by atoms with Crippen LogP contribution >= 0.6 is 0 Å². The van der Waals surface area contributed by atoms with Gasteiger partial charge in [-0.3, -0.25) is 0 Å². The van der Waals surface area contributed by atoms with Crippen molar-refractivity contribution < 1.29 is 9.94 Å². The minimum atomic E-state index is 0.554. The predicted molar refractivity (Wildman–Crippen MR) is 91.5 cm³/mol. The molecule has 1 aromatic rings. The van der Waals surface area contributed by atoms with Crippen LogP contribution in [0.25, 0.3) is 0 Å². The van der Waals surface area contributed by atoms with Gasteiger partial charge in [-0.2, -0.15) is 0 Å². The number of methoxy groups -OCH3 is 1. The van der Waals surface area contributed by atoms with Crippen molar-refractivity contribution in [3.63, 3.8) is 0 Å². The SMILES string of the molecule is CC[C@@]12CCC[C@H]1[C@@H]1C/C(=N\O)c3ccc(OC)cc3[C@H]1CC2. The van der Waals surface area contributed by atoms with Gasteiger partial charge in [-0.1, -0.05) is 24.9 Å². The summed E-state index contributed by atoms with van der Waals surface area (Å²) < 4.78 is 5.45. The molecule has 0 heterocycles. The lowest BCUT2D eigenvalue weighted by atomic mass is 9.54. The summed E-state index contributed by atoms with van der Waals surface area (Å²) in [5.41, 5.74) is 3.92. The van der Waals surface area contributed by atoms with Gasteiger partial charge >= 0.3 is 0 Å². The average Bonchev–Trinajstić information content (AvgIpc) is 3.05. The van der Waals surface area contributed by atoms with Gasteiger partial charge in [0.1, 0.15) is 5.75 Å². The van der Waals surface area contributed by atoms with Crippen molar-refractivity contribution in [2.75, 3.05) is 7.11 Å². The zero-order valence-corrected chi connectivity index (χ0v) is 14.2. The van der Waals surface area contributed by atoms with E-state index < -0.39 is 0 Å². The Balaban J connectivity index is 1.79. The summed E-state index contributed by atoms with van der Waals surface area (Å²) in [6.07, 6.45) is 9.00. The number of oxime groups is 1. The quantitative estimate of drug-likeness (QED) is 0.619. The first-order valence-electron chi connectivity index (χ1n) is 9.11. The van der Waals surface area contributed by atoms with Gasteiger partial charge in [0.05, 0.1) is 12.8 Å². The Morgan fingerprint density at radius 2 is 2.17 bits per heavy atom. The number of hydrogen-bond donors (Lipinski definition) is 1. The molecule has 2 fully saturated rings. The number of hydrogen-bond acceptors (Lipinski definition) is 3. The fraction of sp³-hybridized carbons (Fsp3) is 0.650. The highest BCUT2D eigenvalue weighted by molar-refractivity contribution is 6.03. The van der Waals surface area contributed by atoms with Gasteiger partial charge in [0.25, 0.3) is 0 Å². The zero-order chi connectivity index (χ0) is 16.0. The molecule has 2 saturated carbocycles. The van der Waals surface area contributed by atoms with Gasteiger partial charge in [0, 0.05) is 5.56 Å². The molecule has 0 spiro atoms. The lowest BCUT2D eigenvalue weighted by Gasteiger charge is -2.50. The molecular weight excluding hydrogens is 286 g/mol. The Kier molecular flexibility index (Phi) is 3.62. The van der Waals surface area contributed by atoms with Crippen LogP contribution in [0.15, 0.2) is 23.4 Å². The summed E-state index contributed by atoms with van der Waals surface area (Å²) in [4.78, 5) is 0. The first kappa shape index (κ1) is 15.0. The minimum Gasteiger partial charge on any atom is -0.497 e. The standard InChI is InChI=1S/C20H27NO2/c1-3-20-9-4-5-18(20)17-12-19(21-22)15-7-6-13(23-2)11-16(15)14(17)8-10-20/h6-7,11,14,17-18,22H,3-5,8-10,12H2,1-2H3/b21-19+/t14-,17-,18+,20+/m1/s1. The van der Waals surface area contributed by atoms with Crippen molar-refractivity contribution in [2.24, 2.45) is 22.4 Å². The Morgan fingerprint density at radius 1 is 1.30 bits per heavy atom. The smallest absolute Gasteiger partial charge is 0.119 e. The van der Waals surface area contributed by atoms with E-state index in [0.717, 1.165) is 29.4 Å². The van der Waals surface area contributed by atoms with Crippen LogP contribution in [0.5, 0.6) is 5.75 Å². The third-order valence-electron chi connectivity index (χ3n) is 7.19. The molecule has 3 aliphatic carbocycles. The third kappa shape index (κ3) is 2.12.